The first kappa shape index (κ1) is 13.2. The Kier molecular flexibility index (Phi) is 4.11. The number of rotatable bonds is 2. The highest BCUT2D eigenvalue weighted by Crippen LogP contribution is 2.17. The molecule has 0 saturated heterocycles. The van der Waals surface area contributed by atoms with Gasteiger partial charge >= 0.3 is 11.7 Å². The van der Waals surface area contributed by atoms with E-state index in [1.54, 1.807) is 7.05 Å². The Labute approximate surface area is 110 Å². The highest BCUT2D eigenvalue weighted by molar-refractivity contribution is 7.98. The second kappa shape index (κ2) is 5.60. The highest BCUT2D eigenvalue weighted by atomic mass is 32.2. The summed E-state index contributed by atoms with van der Waals surface area (Å²) in [5.74, 6) is 0. The van der Waals surface area contributed by atoms with Crippen molar-refractivity contribution in [1.82, 2.24) is 19.7 Å². The van der Waals surface area contributed by atoms with Gasteiger partial charge in [0.15, 0.2) is 5.16 Å². The summed E-state index contributed by atoms with van der Waals surface area (Å²) < 4.78 is 2.30. The lowest BCUT2D eigenvalue weighted by molar-refractivity contribution is 0.230. The molecule has 7 heteroatoms. The van der Waals surface area contributed by atoms with Gasteiger partial charge < -0.3 is 5.32 Å². The van der Waals surface area contributed by atoms with Crippen molar-refractivity contribution >= 4 is 17.8 Å². The molecule has 1 heterocycles. The largest absolute Gasteiger partial charge is 0.355 e. The van der Waals surface area contributed by atoms with Crippen LogP contribution in [0.3, 0.4) is 0 Å². The van der Waals surface area contributed by atoms with Crippen molar-refractivity contribution in [3.05, 3.63) is 10.5 Å². The van der Waals surface area contributed by atoms with Crippen LogP contribution < -0.4 is 11.0 Å². The zero-order valence-electron chi connectivity index (χ0n) is 10.7. The fourth-order valence-electron chi connectivity index (χ4n) is 2.21. The lowest BCUT2D eigenvalue weighted by Crippen LogP contribution is -2.43. The van der Waals surface area contributed by atoms with Gasteiger partial charge in [0.25, 0.3) is 0 Å². The van der Waals surface area contributed by atoms with Gasteiger partial charge in [0.1, 0.15) is 0 Å². The molecule has 1 saturated carbocycles. The molecule has 0 atom stereocenters. The van der Waals surface area contributed by atoms with E-state index in [1.807, 2.05) is 6.26 Å². The summed E-state index contributed by atoms with van der Waals surface area (Å²) in [5.41, 5.74) is -0.396. The van der Waals surface area contributed by atoms with E-state index in [-0.39, 0.29) is 6.04 Å². The number of aromatic nitrogens is 3. The molecule has 6 nitrogen and oxygen atoms in total. The van der Waals surface area contributed by atoms with E-state index in [0.717, 1.165) is 30.4 Å². The average Bonchev–Trinajstić information content (AvgIpc) is 2.67. The van der Waals surface area contributed by atoms with Gasteiger partial charge in [0, 0.05) is 13.1 Å². The highest BCUT2D eigenvalue weighted by Gasteiger charge is 2.20. The smallest absolute Gasteiger partial charge is 0.333 e. The normalized spacial score (nSPS) is 16.8. The van der Waals surface area contributed by atoms with Gasteiger partial charge in [-0.3, -0.25) is 4.57 Å². The summed E-state index contributed by atoms with van der Waals surface area (Å²) >= 11 is 1.34. The summed E-state index contributed by atoms with van der Waals surface area (Å²) in [6, 6.07) is -0.235. The van der Waals surface area contributed by atoms with E-state index in [4.69, 9.17) is 0 Å². The third-order valence-electron chi connectivity index (χ3n) is 3.25. The van der Waals surface area contributed by atoms with E-state index in [9.17, 15) is 9.59 Å². The molecule has 1 aliphatic carbocycles. The predicted octanol–water partition coefficient (Wildman–Crippen LogP) is 1.19. The number of carbonyl (C=O) groups excluding carboxylic acids is 1. The van der Waals surface area contributed by atoms with Crippen molar-refractivity contribution in [2.75, 3.05) is 6.26 Å². The topological polar surface area (TPSA) is 68.9 Å². The first-order valence-corrected chi connectivity index (χ1v) is 7.37. The molecule has 1 aromatic rings. The standard InChI is InChI=1S/C11H18N4O2S/c1-14-10(18-2)13-15(11(14)17)9(16)12-8-6-4-3-5-7-8/h8H,3-7H2,1-2H3,(H,12,16). The van der Waals surface area contributed by atoms with Crippen LogP contribution in [0.2, 0.25) is 0 Å². The lowest BCUT2D eigenvalue weighted by atomic mass is 9.96. The number of thioether (sulfide) groups is 1. The molecular weight excluding hydrogens is 252 g/mol. The Balaban J connectivity index is 2.11. The van der Waals surface area contributed by atoms with Crippen LogP contribution in [0, 0.1) is 0 Å². The maximum atomic E-state index is 12.0. The first-order chi connectivity index (χ1) is 8.63. The third-order valence-corrected chi connectivity index (χ3v) is 3.97. The zero-order valence-corrected chi connectivity index (χ0v) is 11.5. The molecule has 0 aliphatic heterocycles. The van der Waals surface area contributed by atoms with E-state index in [2.05, 4.69) is 10.4 Å². The fourth-order valence-corrected chi connectivity index (χ4v) is 2.73. The molecule has 0 spiro atoms. The average molecular weight is 270 g/mol. The van der Waals surface area contributed by atoms with Crippen LogP contribution in [-0.4, -0.2) is 32.7 Å². The lowest BCUT2D eigenvalue weighted by Gasteiger charge is -2.22. The number of hydrogen-bond acceptors (Lipinski definition) is 4. The van der Waals surface area contributed by atoms with Crippen molar-refractivity contribution in [2.24, 2.45) is 7.05 Å². The number of amides is 1. The Morgan fingerprint density at radius 1 is 1.39 bits per heavy atom. The van der Waals surface area contributed by atoms with Crippen LogP contribution in [0.15, 0.2) is 9.95 Å². The molecule has 2 rings (SSSR count). The Bertz CT molecular complexity index is 488. The van der Waals surface area contributed by atoms with Crippen molar-refractivity contribution in [1.29, 1.82) is 0 Å². The molecule has 1 aromatic heterocycles. The van der Waals surface area contributed by atoms with Crippen molar-refractivity contribution in [2.45, 2.75) is 43.3 Å². The third kappa shape index (κ3) is 2.60. The van der Waals surface area contributed by atoms with Crippen LogP contribution in [-0.2, 0) is 7.05 Å². The molecular formula is C11H18N4O2S. The van der Waals surface area contributed by atoms with Crippen molar-refractivity contribution in [3.8, 4) is 0 Å². The Morgan fingerprint density at radius 3 is 2.61 bits per heavy atom. The summed E-state index contributed by atoms with van der Waals surface area (Å²) in [5, 5.41) is 7.43. The summed E-state index contributed by atoms with van der Waals surface area (Å²) in [6.45, 7) is 0. The molecule has 1 amide bonds. The minimum absolute atomic E-state index is 0.179. The van der Waals surface area contributed by atoms with Crippen molar-refractivity contribution < 1.29 is 4.79 Å². The quantitative estimate of drug-likeness (QED) is 0.820. The molecule has 0 aromatic carbocycles. The molecule has 1 N–H and O–H groups in total. The minimum Gasteiger partial charge on any atom is -0.333 e. The number of hydrogen-bond donors (Lipinski definition) is 1. The second-order valence-electron chi connectivity index (χ2n) is 4.52. The van der Waals surface area contributed by atoms with Crippen LogP contribution in [0.4, 0.5) is 4.79 Å². The molecule has 1 aliphatic rings. The summed E-state index contributed by atoms with van der Waals surface area (Å²) in [7, 11) is 1.62. The van der Waals surface area contributed by atoms with Gasteiger partial charge in [0.2, 0.25) is 0 Å². The number of carbonyl (C=O) groups is 1. The number of nitrogens with zero attached hydrogens (tertiary/aromatic N) is 3. The Hall–Kier alpha value is -1.24. The van der Waals surface area contributed by atoms with E-state index < -0.39 is 11.7 Å². The van der Waals surface area contributed by atoms with Crippen LogP contribution >= 0.6 is 11.8 Å². The molecule has 100 valence electrons. The predicted molar refractivity (Wildman–Crippen MR) is 70.1 cm³/mol. The van der Waals surface area contributed by atoms with Gasteiger partial charge in [-0.25, -0.2) is 9.59 Å². The SMILES string of the molecule is CSc1nn(C(=O)NC2CCCCC2)c(=O)n1C. The first-order valence-electron chi connectivity index (χ1n) is 6.14. The monoisotopic (exact) mass is 270 g/mol. The van der Waals surface area contributed by atoms with Gasteiger partial charge in [-0.2, -0.15) is 0 Å². The fraction of sp³-hybridized carbons (Fsp3) is 0.727. The van der Waals surface area contributed by atoms with E-state index in [1.165, 1.54) is 22.7 Å². The molecule has 0 bridgehead atoms. The maximum Gasteiger partial charge on any atom is 0.355 e. The van der Waals surface area contributed by atoms with Gasteiger partial charge in [0.05, 0.1) is 0 Å². The van der Waals surface area contributed by atoms with Crippen molar-refractivity contribution in [3.63, 3.8) is 0 Å². The maximum absolute atomic E-state index is 12.0. The van der Waals surface area contributed by atoms with E-state index in [0.29, 0.717) is 5.16 Å². The van der Waals surface area contributed by atoms with Crippen LogP contribution in [0.5, 0.6) is 0 Å². The zero-order chi connectivity index (χ0) is 13.1. The van der Waals surface area contributed by atoms with Gasteiger partial charge in [-0.1, -0.05) is 31.0 Å². The van der Waals surface area contributed by atoms with Gasteiger partial charge in [-0.15, -0.1) is 9.78 Å². The molecule has 18 heavy (non-hydrogen) atoms. The van der Waals surface area contributed by atoms with E-state index >= 15 is 0 Å². The van der Waals surface area contributed by atoms with Crippen LogP contribution in [0.1, 0.15) is 32.1 Å². The minimum atomic E-state index is -0.414. The molecule has 0 unspecified atom stereocenters. The number of nitrogens with one attached hydrogen (secondary N) is 1. The summed E-state index contributed by atoms with van der Waals surface area (Å²) in [4.78, 5) is 23.8. The molecule has 1 fully saturated rings. The van der Waals surface area contributed by atoms with Gasteiger partial charge in [-0.05, 0) is 19.1 Å². The van der Waals surface area contributed by atoms with Crippen LogP contribution in [0.25, 0.3) is 0 Å². The molecule has 0 radical (unpaired) electrons. The Morgan fingerprint density at radius 2 is 2.06 bits per heavy atom. The second-order valence-corrected chi connectivity index (χ2v) is 5.30. The summed E-state index contributed by atoms with van der Waals surface area (Å²) in [6.07, 6.45) is 7.30.